The van der Waals surface area contributed by atoms with E-state index in [0.717, 1.165) is 5.56 Å². The summed E-state index contributed by atoms with van der Waals surface area (Å²) >= 11 is 0. The van der Waals surface area contributed by atoms with Gasteiger partial charge >= 0.3 is 0 Å². The van der Waals surface area contributed by atoms with Gasteiger partial charge in [-0.25, -0.2) is 0 Å². The van der Waals surface area contributed by atoms with E-state index in [-0.39, 0.29) is 18.0 Å². The Morgan fingerprint density at radius 3 is 2.23 bits per heavy atom. The van der Waals surface area contributed by atoms with Crippen molar-refractivity contribution in [2.45, 2.75) is 13.5 Å². The fourth-order valence-corrected chi connectivity index (χ4v) is 1.96. The van der Waals surface area contributed by atoms with Crippen LogP contribution in [-0.2, 0) is 16.1 Å². The van der Waals surface area contributed by atoms with Gasteiger partial charge in [-0.05, 0) is 17.7 Å². The van der Waals surface area contributed by atoms with Crippen molar-refractivity contribution in [3.8, 4) is 0 Å². The summed E-state index contributed by atoms with van der Waals surface area (Å²) in [7, 11) is 0. The number of carbonyl (C=O) groups excluding carboxylic acids is 3. The summed E-state index contributed by atoms with van der Waals surface area (Å²) in [4.78, 5) is 35.3. The minimum Gasteiger partial charge on any atom is -0.345 e. The van der Waals surface area contributed by atoms with Crippen LogP contribution in [-0.4, -0.2) is 17.6 Å². The van der Waals surface area contributed by atoms with E-state index < -0.39 is 11.7 Å². The topological polar surface area (TPSA) is 75.3 Å². The van der Waals surface area contributed by atoms with E-state index >= 15 is 0 Å². The zero-order chi connectivity index (χ0) is 15.9. The molecule has 22 heavy (non-hydrogen) atoms. The van der Waals surface area contributed by atoms with Crippen molar-refractivity contribution in [1.82, 2.24) is 5.32 Å². The number of nitrogens with one attached hydrogen (secondary N) is 2. The van der Waals surface area contributed by atoms with Gasteiger partial charge in [0.25, 0.3) is 11.7 Å². The van der Waals surface area contributed by atoms with Gasteiger partial charge in [0.1, 0.15) is 0 Å². The van der Waals surface area contributed by atoms with Crippen LogP contribution in [0.25, 0.3) is 0 Å². The molecule has 2 N–H and O–H groups in total. The zero-order valence-corrected chi connectivity index (χ0v) is 12.1. The average molecular weight is 296 g/mol. The third-order valence-corrected chi connectivity index (χ3v) is 2.98. The van der Waals surface area contributed by atoms with E-state index in [1.165, 1.54) is 13.0 Å². The lowest BCUT2D eigenvalue weighted by Gasteiger charge is -2.09. The highest BCUT2D eigenvalue weighted by Gasteiger charge is 2.19. The first-order valence-electron chi connectivity index (χ1n) is 6.81. The molecule has 0 aromatic heterocycles. The Morgan fingerprint density at radius 1 is 0.909 bits per heavy atom. The van der Waals surface area contributed by atoms with Crippen LogP contribution in [0, 0.1) is 0 Å². The fraction of sp³-hybridized carbons (Fsp3) is 0.118. The smallest absolute Gasteiger partial charge is 0.292 e. The molecule has 0 saturated heterocycles. The number of hydrogen-bond donors (Lipinski definition) is 2. The summed E-state index contributed by atoms with van der Waals surface area (Å²) in [6, 6.07) is 15.7. The van der Waals surface area contributed by atoms with Crippen molar-refractivity contribution in [3.05, 3.63) is 65.7 Å². The van der Waals surface area contributed by atoms with Crippen LogP contribution >= 0.6 is 0 Å². The third-order valence-electron chi connectivity index (χ3n) is 2.98. The molecule has 112 valence electrons. The van der Waals surface area contributed by atoms with Gasteiger partial charge in [0.05, 0.1) is 11.3 Å². The van der Waals surface area contributed by atoms with E-state index in [1.54, 1.807) is 18.2 Å². The number of anilines is 1. The molecule has 2 aromatic carbocycles. The summed E-state index contributed by atoms with van der Waals surface area (Å²) in [6.07, 6.45) is 0. The molecule has 0 aliphatic carbocycles. The third kappa shape index (κ3) is 4.02. The van der Waals surface area contributed by atoms with Crippen molar-refractivity contribution >= 4 is 23.3 Å². The highest BCUT2D eigenvalue weighted by atomic mass is 16.2. The van der Waals surface area contributed by atoms with Crippen LogP contribution in [0.4, 0.5) is 5.69 Å². The molecule has 0 saturated carbocycles. The maximum atomic E-state index is 12.2. The van der Waals surface area contributed by atoms with Crippen LogP contribution in [0.5, 0.6) is 0 Å². The van der Waals surface area contributed by atoms with E-state index in [2.05, 4.69) is 10.6 Å². The first kappa shape index (κ1) is 15.4. The second-order valence-corrected chi connectivity index (χ2v) is 4.72. The number of benzene rings is 2. The summed E-state index contributed by atoms with van der Waals surface area (Å²) in [5, 5.41) is 5.12. The molecule has 0 heterocycles. The SMILES string of the molecule is CC(=O)Nc1ccccc1C(=O)C(=O)NCc1ccccc1. The molecule has 2 amide bonds. The number of rotatable bonds is 5. The summed E-state index contributed by atoms with van der Waals surface area (Å²) in [5.74, 6) is -1.69. The summed E-state index contributed by atoms with van der Waals surface area (Å²) in [5.41, 5.74) is 1.40. The van der Waals surface area contributed by atoms with Crippen molar-refractivity contribution in [2.24, 2.45) is 0 Å². The van der Waals surface area contributed by atoms with Gasteiger partial charge in [-0.3, -0.25) is 14.4 Å². The lowest BCUT2D eigenvalue weighted by atomic mass is 10.1. The van der Waals surface area contributed by atoms with Gasteiger partial charge < -0.3 is 10.6 Å². The molecule has 0 unspecified atom stereocenters. The number of hydrogen-bond acceptors (Lipinski definition) is 3. The van der Waals surface area contributed by atoms with Crippen molar-refractivity contribution in [3.63, 3.8) is 0 Å². The quantitative estimate of drug-likeness (QED) is 0.655. The van der Waals surface area contributed by atoms with Crippen LogP contribution in [0.3, 0.4) is 0 Å². The molecular formula is C17H16N2O3. The Labute approximate surface area is 128 Å². The lowest BCUT2D eigenvalue weighted by Crippen LogP contribution is -2.31. The molecule has 5 heteroatoms. The number of carbonyl (C=O) groups is 3. The van der Waals surface area contributed by atoms with Crippen molar-refractivity contribution < 1.29 is 14.4 Å². The van der Waals surface area contributed by atoms with Gasteiger partial charge in [0.2, 0.25) is 5.91 Å². The Kier molecular flexibility index (Phi) is 5.03. The minimum absolute atomic E-state index is 0.170. The molecule has 0 bridgehead atoms. The Balaban J connectivity index is 2.07. The Hall–Kier alpha value is -2.95. The molecule has 2 aromatic rings. The van der Waals surface area contributed by atoms with Gasteiger partial charge in [-0.15, -0.1) is 0 Å². The normalized spacial score (nSPS) is 9.86. The van der Waals surface area contributed by atoms with Gasteiger partial charge in [0.15, 0.2) is 0 Å². The maximum absolute atomic E-state index is 12.2. The van der Waals surface area contributed by atoms with Gasteiger partial charge in [-0.2, -0.15) is 0 Å². The lowest BCUT2D eigenvalue weighted by molar-refractivity contribution is -0.117. The number of amides is 2. The van der Waals surface area contributed by atoms with Crippen LogP contribution in [0.1, 0.15) is 22.8 Å². The molecule has 0 fully saturated rings. The molecular weight excluding hydrogens is 280 g/mol. The summed E-state index contributed by atoms with van der Waals surface area (Å²) < 4.78 is 0. The maximum Gasteiger partial charge on any atom is 0.292 e. The first-order valence-corrected chi connectivity index (χ1v) is 6.81. The van der Waals surface area contributed by atoms with Gasteiger partial charge in [0, 0.05) is 13.5 Å². The zero-order valence-electron chi connectivity index (χ0n) is 12.1. The molecule has 0 spiro atoms. The molecule has 0 radical (unpaired) electrons. The predicted octanol–water partition coefficient (Wildman–Crippen LogP) is 2.14. The van der Waals surface area contributed by atoms with E-state index in [0.29, 0.717) is 5.69 Å². The molecule has 2 rings (SSSR count). The van der Waals surface area contributed by atoms with Crippen LogP contribution < -0.4 is 10.6 Å². The average Bonchev–Trinajstić information content (AvgIpc) is 2.53. The van der Waals surface area contributed by atoms with E-state index in [4.69, 9.17) is 0 Å². The molecule has 0 atom stereocenters. The second-order valence-electron chi connectivity index (χ2n) is 4.72. The molecule has 5 nitrogen and oxygen atoms in total. The monoisotopic (exact) mass is 296 g/mol. The number of ketones is 1. The number of Topliss-reactive ketones (excluding diaryl/α,β-unsaturated/α-hetero) is 1. The highest BCUT2D eigenvalue weighted by Crippen LogP contribution is 2.15. The fourth-order valence-electron chi connectivity index (χ4n) is 1.96. The van der Waals surface area contributed by atoms with Gasteiger partial charge in [-0.1, -0.05) is 42.5 Å². The van der Waals surface area contributed by atoms with Crippen molar-refractivity contribution in [1.29, 1.82) is 0 Å². The predicted molar refractivity (Wildman–Crippen MR) is 83.4 cm³/mol. The highest BCUT2D eigenvalue weighted by molar-refractivity contribution is 6.44. The second kappa shape index (κ2) is 7.17. The first-order chi connectivity index (χ1) is 10.6. The standard InChI is InChI=1S/C17H16N2O3/c1-12(20)19-15-10-6-5-9-14(15)16(21)17(22)18-11-13-7-3-2-4-8-13/h2-10H,11H2,1H3,(H,18,22)(H,19,20). The largest absolute Gasteiger partial charge is 0.345 e. The summed E-state index contributed by atoms with van der Waals surface area (Å²) in [6.45, 7) is 1.62. The molecule has 0 aliphatic rings. The van der Waals surface area contributed by atoms with Crippen molar-refractivity contribution in [2.75, 3.05) is 5.32 Å². The van der Waals surface area contributed by atoms with E-state index in [1.807, 2.05) is 30.3 Å². The van der Waals surface area contributed by atoms with Crippen LogP contribution in [0.2, 0.25) is 0 Å². The van der Waals surface area contributed by atoms with E-state index in [9.17, 15) is 14.4 Å². The molecule has 0 aliphatic heterocycles. The van der Waals surface area contributed by atoms with Crippen LogP contribution in [0.15, 0.2) is 54.6 Å². The number of para-hydroxylation sites is 1. The minimum atomic E-state index is -0.707. The Morgan fingerprint density at radius 2 is 1.55 bits per heavy atom. The Bertz CT molecular complexity index is 696.